The van der Waals surface area contributed by atoms with Crippen LogP contribution in [0, 0.1) is 16.4 Å². The van der Waals surface area contributed by atoms with Gasteiger partial charge in [0.15, 0.2) is 0 Å². The van der Waals surface area contributed by atoms with E-state index < -0.39 is 0 Å². The summed E-state index contributed by atoms with van der Waals surface area (Å²) in [7, 11) is 0. The molecule has 0 spiro atoms. The van der Waals surface area contributed by atoms with Crippen LogP contribution in [0.25, 0.3) is 0 Å². The number of rotatable bonds is 2. The van der Waals surface area contributed by atoms with Crippen molar-refractivity contribution < 1.29 is 4.74 Å². The van der Waals surface area contributed by atoms with Crippen LogP contribution in [0.1, 0.15) is 43.2 Å². The summed E-state index contributed by atoms with van der Waals surface area (Å²) in [5.74, 6) is 1.58. The molecule has 0 unspecified atom stereocenters. The Kier molecular flexibility index (Phi) is 4.10. The molecule has 2 nitrogen and oxygen atoms in total. The van der Waals surface area contributed by atoms with Crippen LogP contribution >= 0.6 is 22.6 Å². The average molecular weight is 369 g/mol. The first-order valence-corrected chi connectivity index (χ1v) is 8.30. The van der Waals surface area contributed by atoms with Gasteiger partial charge in [0, 0.05) is 9.13 Å². The van der Waals surface area contributed by atoms with Gasteiger partial charge in [-0.1, -0.05) is 31.4 Å². The van der Waals surface area contributed by atoms with Crippen molar-refractivity contribution in [3.8, 4) is 0 Å². The number of hydrogen-bond donors (Lipinski definition) is 0. The molecular formula is C16H20INO. The molecule has 19 heavy (non-hydrogen) atoms. The van der Waals surface area contributed by atoms with E-state index in [1.54, 1.807) is 0 Å². The molecule has 0 N–H and O–H groups in total. The van der Waals surface area contributed by atoms with Crippen LogP contribution in [0.5, 0.6) is 0 Å². The molecule has 1 saturated carbocycles. The van der Waals surface area contributed by atoms with E-state index >= 15 is 0 Å². The lowest BCUT2D eigenvalue weighted by atomic mass is 9.85. The quantitative estimate of drug-likeness (QED) is 0.712. The van der Waals surface area contributed by atoms with E-state index in [0.29, 0.717) is 6.10 Å². The van der Waals surface area contributed by atoms with Gasteiger partial charge in [0.1, 0.15) is 6.10 Å². The second-order valence-corrected chi connectivity index (χ2v) is 6.72. The first-order chi connectivity index (χ1) is 9.25. The number of hydrogen-bond acceptors (Lipinski definition) is 2. The normalized spacial score (nSPS) is 24.1. The molecule has 0 radical (unpaired) electrons. The fraction of sp³-hybridized carbons (Fsp3) is 0.562. The number of halogens is 1. The van der Waals surface area contributed by atoms with Gasteiger partial charge in [-0.25, -0.2) is 4.99 Å². The van der Waals surface area contributed by atoms with Gasteiger partial charge in [-0.2, -0.15) is 0 Å². The van der Waals surface area contributed by atoms with Gasteiger partial charge in [0.2, 0.25) is 5.90 Å². The maximum absolute atomic E-state index is 6.17. The standard InChI is InChI=1S/C16H20INO/c1-11-6-5-9-13(15(11)17)16-18-10-14(19-16)12-7-3-2-4-8-12/h5-6,9,12,14H,2-4,7-8,10H2,1H3/t14-/m0/s1. The highest BCUT2D eigenvalue weighted by Gasteiger charge is 2.30. The average Bonchev–Trinajstić information content (AvgIpc) is 2.92. The van der Waals surface area contributed by atoms with E-state index in [-0.39, 0.29) is 0 Å². The van der Waals surface area contributed by atoms with E-state index in [1.165, 1.54) is 46.8 Å². The van der Waals surface area contributed by atoms with Gasteiger partial charge in [-0.05, 0) is 59.9 Å². The summed E-state index contributed by atoms with van der Waals surface area (Å²) in [5, 5.41) is 0. The van der Waals surface area contributed by atoms with Crippen molar-refractivity contribution in [3.05, 3.63) is 32.9 Å². The Morgan fingerprint density at radius 1 is 1.21 bits per heavy atom. The van der Waals surface area contributed by atoms with E-state index in [1.807, 2.05) is 0 Å². The van der Waals surface area contributed by atoms with E-state index in [0.717, 1.165) is 18.4 Å². The lowest BCUT2D eigenvalue weighted by Crippen LogP contribution is -2.26. The Bertz CT molecular complexity index is 492. The summed E-state index contributed by atoms with van der Waals surface area (Å²) >= 11 is 2.40. The first-order valence-electron chi connectivity index (χ1n) is 7.22. The molecule has 1 aliphatic heterocycles. The molecule has 0 amide bonds. The van der Waals surface area contributed by atoms with Crippen molar-refractivity contribution in [3.63, 3.8) is 0 Å². The van der Waals surface area contributed by atoms with Crippen molar-refractivity contribution in [2.45, 2.75) is 45.1 Å². The highest BCUT2D eigenvalue weighted by molar-refractivity contribution is 14.1. The SMILES string of the molecule is Cc1cccc(C2=NC[C@@H](C3CCCCC3)O2)c1I. The molecule has 1 heterocycles. The number of benzene rings is 1. The van der Waals surface area contributed by atoms with Gasteiger partial charge in [-0.3, -0.25) is 0 Å². The first kappa shape index (κ1) is 13.4. The molecule has 1 atom stereocenters. The molecule has 2 aliphatic rings. The Balaban J connectivity index is 1.72. The molecule has 0 saturated heterocycles. The molecule has 3 rings (SSSR count). The van der Waals surface area contributed by atoms with Crippen molar-refractivity contribution in [1.82, 2.24) is 0 Å². The largest absolute Gasteiger partial charge is 0.472 e. The van der Waals surface area contributed by atoms with Crippen LogP contribution in [0.4, 0.5) is 0 Å². The van der Waals surface area contributed by atoms with Gasteiger partial charge < -0.3 is 4.74 Å². The third-order valence-corrected chi connectivity index (χ3v) is 5.71. The summed E-state index contributed by atoms with van der Waals surface area (Å²) in [4.78, 5) is 4.65. The van der Waals surface area contributed by atoms with Gasteiger partial charge in [-0.15, -0.1) is 0 Å². The molecule has 1 aliphatic carbocycles. The lowest BCUT2D eigenvalue weighted by molar-refractivity contribution is 0.123. The number of ether oxygens (including phenoxy) is 1. The molecule has 0 aromatic heterocycles. The molecule has 1 aromatic carbocycles. The van der Waals surface area contributed by atoms with Crippen molar-refractivity contribution in [2.75, 3.05) is 6.54 Å². The van der Waals surface area contributed by atoms with Crippen molar-refractivity contribution in [2.24, 2.45) is 10.9 Å². The summed E-state index contributed by atoms with van der Waals surface area (Å²) in [6.07, 6.45) is 7.08. The summed E-state index contributed by atoms with van der Waals surface area (Å²) in [6, 6.07) is 6.35. The minimum atomic E-state index is 0.326. The maximum atomic E-state index is 6.17. The van der Waals surface area contributed by atoms with Crippen LogP contribution in [-0.2, 0) is 4.74 Å². The highest BCUT2D eigenvalue weighted by atomic mass is 127. The molecule has 0 bridgehead atoms. The maximum Gasteiger partial charge on any atom is 0.217 e. The number of aryl methyl sites for hydroxylation is 1. The Hall–Kier alpha value is -0.580. The topological polar surface area (TPSA) is 21.6 Å². The third-order valence-electron chi connectivity index (χ3n) is 4.28. The lowest BCUT2D eigenvalue weighted by Gasteiger charge is -2.26. The highest BCUT2D eigenvalue weighted by Crippen LogP contribution is 2.31. The zero-order valence-corrected chi connectivity index (χ0v) is 13.5. The molecule has 3 heteroatoms. The molecular weight excluding hydrogens is 349 g/mol. The zero-order chi connectivity index (χ0) is 13.2. The smallest absolute Gasteiger partial charge is 0.217 e. The fourth-order valence-corrected chi connectivity index (χ4v) is 3.69. The number of nitrogens with zero attached hydrogens (tertiary/aromatic N) is 1. The summed E-state index contributed by atoms with van der Waals surface area (Å²) in [5.41, 5.74) is 2.46. The van der Waals surface area contributed by atoms with Crippen LogP contribution in [0.15, 0.2) is 23.2 Å². The second kappa shape index (κ2) is 5.81. The number of aliphatic imine (C=N–C) groups is 1. The Labute approximate surface area is 128 Å². The van der Waals surface area contributed by atoms with E-state index in [9.17, 15) is 0 Å². The minimum absolute atomic E-state index is 0.326. The molecule has 1 aromatic rings. The predicted molar refractivity (Wildman–Crippen MR) is 86.7 cm³/mol. The van der Waals surface area contributed by atoms with Gasteiger partial charge >= 0.3 is 0 Å². The van der Waals surface area contributed by atoms with Crippen LogP contribution < -0.4 is 0 Å². The minimum Gasteiger partial charge on any atom is -0.472 e. The van der Waals surface area contributed by atoms with Crippen LogP contribution in [-0.4, -0.2) is 18.5 Å². The third kappa shape index (κ3) is 2.81. The molecule has 102 valence electrons. The van der Waals surface area contributed by atoms with Gasteiger partial charge in [0.05, 0.1) is 6.54 Å². The second-order valence-electron chi connectivity index (χ2n) is 5.64. The molecule has 1 fully saturated rings. The van der Waals surface area contributed by atoms with E-state index in [4.69, 9.17) is 4.74 Å². The summed E-state index contributed by atoms with van der Waals surface area (Å²) in [6.45, 7) is 2.99. The fourth-order valence-electron chi connectivity index (χ4n) is 3.10. The van der Waals surface area contributed by atoms with Gasteiger partial charge in [0.25, 0.3) is 0 Å². The van der Waals surface area contributed by atoms with Crippen molar-refractivity contribution >= 4 is 28.5 Å². The monoisotopic (exact) mass is 369 g/mol. The van der Waals surface area contributed by atoms with E-state index in [2.05, 4.69) is 52.7 Å². The van der Waals surface area contributed by atoms with Crippen LogP contribution in [0.3, 0.4) is 0 Å². The Morgan fingerprint density at radius 2 is 2.00 bits per heavy atom. The van der Waals surface area contributed by atoms with Crippen LogP contribution in [0.2, 0.25) is 0 Å². The zero-order valence-electron chi connectivity index (χ0n) is 11.4. The summed E-state index contributed by atoms with van der Waals surface area (Å²) < 4.78 is 7.43. The van der Waals surface area contributed by atoms with Crippen molar-refractivity contribution in [1.29, 1.82) is 0 Å². The Morgan fingerprint density at radius 3 is 2.79 bits per heavy atom. The predicted octanol–water partition coefficient (Wildman–Crippen LogP) is 4.33.